The van der Waals surface area contributed by atoms with E-state index in [-0.39, 0.29) is 5.79 Å². The minimum Gasteiger partial charge on any atom is -0.381 e. The Hall–Kier alpha value is -0.120. The molecule has 1 unspecified atom stereocenters. The van der Waals surface area contributed by atoms with E-state index in [1.807, 2.05) is 7.11 Å². The van der Waals surface area contributed by atoms with E-state index in [0.717, 1.165) is 32.5 Å². The molecular weight excluding hydrogens is 204 g/mol. The van der Waals surface area contributed by atoms with Crippen molar-refractivity contribution in [3.8, 4) is 0 Å². The minimum atomic E-state index is -0.251. The molecule has 0 amide bonds. The van der Waals surface area contributed by atoms with Crippen LogP contribution in [0.5, 0.6) is 0 Å². The number of rotatable bonds is 1. The monoisotopic (exact) mass is 226 g/mol. The minimum absolute atomic E-state index is 0.251. The Bertz CT molecular complexity index is 252. The normalized spacial score (nSPS) is 36.2. The zero-order chi connectivity index (χ0) is 11.1. The lowest BCUT2D eigenvalue weighted by Crippen LogP contribution is -2.49. The van der Waals surface area contributed by atoms with E-state index in [1.165, 1.54) is 25.7 Å². The van der Waals surface area contributed by atoms with Crippen LogP contribution in [0.25, 0.3) is 0 Å². The second-order valence-corrected chi connectivity index (χ2v) is 5.62. The Kier molecular flexibility index (Phi) is 2.73. The molecule has 16 heavy (non-hydrogen) atoms. The van der Waals surface area contributed by atoms with Crippen LogP contribution in [0.15, 0.2) is 0 Å². The molecule has 92 valence electrons. The molecule has 2 saturated carbocycles. The molecule has 0 aromatic carbocycles. The standard InChI is InChI=1S/C13H22O3/c1-14-11-4-7-13(15-8-9-16-13)10-12(11)5-2-3-6-12/h11H,2-10H2,1H3. The molecule has 1 atom stereocenters. The summed E-state index contributed by atoms with van der Waals surface area (Å²) in [5.41, 5.74) is 0.345. The Morgan fingerprint density at radius 3 is 2.38 bits per heavy atom. The van der Waals surface area contributed by atoms with Gasteiger partial charge in [-0.1, -0.05) is 12.8 Å². The first-order valence-electron chi connectivity index (χ1n) is 6.59. The van der Waals surface area contributed by atoms with Gasteiger partial charge in [-0.25, -0.2) is 0 Å². The van der Waals surface area contributed by atoms with E-state index in [1.54, 1.807) is 0 Å². The fourth-order valence-electron chi connectivity index (χ4n) is 4.08. The summed E-state index contributed by atoms with van der Waals surface area (Å²) in [4.78, 5) is 0. The molecule has 3 aliphatic rings. The molecule has 3 nitrogen and oxygen atoms in total. The van der Waals surface area contributed by atoms with Gasteiger partial charge < -0.3 is 14.2 Å². The third kappa shape index (κ3) is 1.60. The summed E-state index contributed by atoms with van der Waals surface area (Å²) in [6.45, 7) is 1.54. The summed E-state index contributed by atoms with van der Waals surface area (Å²) in [7, 11) is 1.86. The highest BCUT2D eigenvalue weighted by Gasteiger charge is 2.54. The van der Waals surface area contributed by atoms with Crippen LogP contribution in [0.4, 0.5) is 0 Å². The van der Waals surface area contributed by atoms with Crippen molar-refractivity contribution in [3.63, 3.8) is 0 Å². The smallest absolute Gasteiger partial charge is 0.169 e. The lowest BCUT2D eigenvalue weighted by Gasteiger charge is -2.47. The van der Waals surface area contributed by atoms with Crippen LogP contribution in [0.3, 0.4) is 0 Å². The largest absolute Gasteiger partial charge is 0.381 e. The van der Waals surface area contributed by atoms with Crippen molar-refractivity contribution >= 4 is 0 Å². The number of hydrogen-bond acceptors (Lipinski definition) is 3. The van der Waals surface area contributed by atoms with Gasteiger partial charge >= 0.3 is 0 Å². The Labute approximate surface area is 97.4 Å². The highest BCUT2D eigenvalue weighted by atomic mass is 16.7. The molecule has 2 aliphatic carbocycles. The van der Waals surface area contributed by atoms with Gasteiger partial charge in [0, 0.05) is 25.4 Å². The second kappa shape index (κ2) is 3.97. The average Bonchev–Trinajstić information content (AvgIpc) is 2.90. The van der Waals surface area contributed by atoms with E-state index in [2.05, 4.69) is 0 Å². The summed E-state index contributed by atoms with van der Waals surface area (Å²) in [6.07, 6.45) is 8.85. The maximum atomic E-state index is 5.88. The number of ether oxygens (including phenoxy) is 3. The quantitative estimate of drug-likeness (QED) is 0.687. The molecule has 3 rings (SSSR count). The van der Waals surface area contributed by atoms with E-state index in [4.69, 9.17) is 14.2 Å². The zero-order valence-corrected chi connectivity index (χ0v) is 10.2. The van der Waals surface area contributed by atoms with E-state index in [0.29, 0.717) is 11.5 Å². The second-order valence-electron chi connectivity index (χ2n) is 5.62. The lowest BCUT2D eigenvalue weighted by molar-refractivity contribution is -0.226. The van der Waals surface area contributed by atoms with Crippen molar-refractivity contribution in [1.29, 1.82) is 0 Å². The van der Waals surface area contributed by atoms with Crippen molar-refractivity contribution in [2.24, 2.45) is 5.41 Å². The molecule has 1 saturated heterocycles. The van der Waals surface area contributed by atoms with Crippen molar-refractivity contribution < 1.29 is 14.2 Å². The van der Waals surface area contributed by atoms with Gasteiger partial charge in [-0.2, -0.15) is 0 Å². The van der Waals surface area contributed by atoms with Crippen LogP contribution in [-0.4, -0.2) is 32.2 Å². The van der Waals surface area contributed by atoms with Crippen LogP contribution < -0.4 is 0 Å². The summed E-state index contributed by atoms with van der Waals surface area (Å²) >= 11 is 0. The van der Waals surface area contributed by atoms with Crippen LogP contribution >= 0.6 is 0 Å². The number of hydrogen-bond donors (Lipinski definition) is 0. The van der Waals surface area contributed by atoms with Crippen LogP contribution in [0, 0.1) is 5.41 Å². The first-order chi connectivity index (χ1) is 7.79. The van der Waals surface area contributed by atoms with Crippen LogP contribution in [0.2, 0.25) is 0 Å². The molecule has 0 bridgehead atoms. The van der Waals surface area contributed by atoms with Crippen LogP contribution in [0.1, 0.15) is 44.9 Å². The molecule has 2 spiro atoms. The highest BCUT2D eigenvalue weighted by Crippen LogP contribution is 2.54. The Morgan fingerprint density at radius 1 is 1.06 bits per heavy atom. The van der Waals surface area contributed by atoms with Crippen molar-refractivity contribution in [2.75, 3.05) is 20.3 Å². The first-order valence-corrected chi connectivity index (χ1v) is 6.59. The maximum absolute atomic E-state index is 5.88. The van der Waals surface area contributed by atoms with Gasteiger partial charge in [0.2, 0.25) is 0 Å². The fourth-order valence-corrected chi connectivity index (χ4v) is 4.08. The SMILES string of the molecule is COC1CCC2(CC13CCCC3)OCCO2. The maximum Gasteiger partial charge on any atom is 0.169 e. The van der Waals surface area contributed by atoms with E-state index < -0.39 is 0 Å². The lowest BCUT2D eigenvalue weighted by atomic mass is 9.68. The van der Waals surface area contributed by atoms with Gasteiger partial charge in [0.15, 0.2) is 5.79 Å². The summed E-state index contributed by atoms with van der Waals surface area (Å²) < 4.78 is 17.5. The summed E-state index contributed by atoms with van der Waals surface area (Å²) in [5, 5.41) is 0. The topological polar surface area (TPSA) is 27.7 Å². The van der Waals surface area contributed by atoms with Gasteiger partial charge in [0.1, 0.15) is 0 Å². The third-order valence-electron chi connectivity index (χ3n) is 4.79. The molecule has 3 fully saturated rings. The molecule has 0 aromatic heterocycles. The van der Waals surface area contributed by atoms with Crippen molar-refractivity contribution in [1.82, 2.24) is 0 Å². The fraction of sp³-hybridized carbons (Fsp3) is 1.00. The molecule has 3 heteroatoms. The van der Waals surface area contributed by atoms with Gasteiger partial charge in [-0.3, -0.25) is 0 Å². The molecule has 1 aliphatic heterocycles. The van der Waals surface area contributed by atoms with Crippen LogP contribution in [-0.2, 0) is 14.2 Å². The van der Waals surface area contributed by atoms with E-state index >= 15 is 0 Å². The Balaban J connectivity index is 1.81. The van der Waals surface area contributed by atoms with Crippen molar-refractivity contribution in [2.45, 2.75) is 56.8 Å². The van der Waals surface area contributed by atoms with Gasteiger partial charge in [0.05, 0.1) is 19.3 Å². The van der Waals surface area contributed by atoms with Gasteiger partial charge in [0.25, 0.3) is 0 Å². The summed E-state index contributed by atoms with van der Waals surface area (Å²) in [6, 6.07) is 0. The van der Waals surface area contributed by atoms with Gasteiger partial charge in [-0.15, -0.1) is 0 Å². The van der Waals surface area contributed by atoms with E-state index in [9.17, 15) is 0 Å². The zero-order valence-electron chi connectivity index (χ0n) is 10.2. The summed E-state index contributed by atoms with van der Waals surface area (Å²) in [5.74, 6) is -0.251. The number of methoxy groups -OCH3 is 1. The highest BCUT2D eigenvalue weighted by molar-refractivity contribution is 5.00. The molecule has 0 radical (unpaired) electrons. The molecule has 1 heterocycles. The average molecular weight is 226 g/mol. The molecule has 0 aromatic rings. The van der Waals surface area contributed by atoms with Gasteiger partial charge in [-0.05, 0) is 19.3 Å². The Morgan fingerprint density at radius 2 is 1.75 bits per heavy atom. The predicted octanol–water partition coefficient (Wildman–Crippen LogP) is 2.49. The predicted molar refractivity (Wildman–Crippen MR) is 60.2 cm³/mol. The van der Waals surface area contributed by atoms with Crippen molar-refractivity contribution in [3.05, 3.63) is 0 Å². The third-order valence-corrected chi connectivity index (χ3v) is 4.79. The molecular formula is C13H22O3. The molecule has 0 N–H and O–H groups in total. The first kappa shape index (κ1) is 11.0.